The molecule has 0 spiro atoms. The SMILES string of the molecule is Cc1ccc(N(CC(=O)N(Cc2cccc(Cl)c2)C(C)C(=O)NC2CCCC2)S(=O)(=O)c2ccc(F)cc2)cc1. The quantitative estimate of drug-likeness (QED) is 0.342. The van der Waals surface area contributed by atoms with Crippen LogP contribution in [0.5, 0.6) is 0 Å². The van der Waals surface area contributed by atoms with Crippen LogP contribution in [0.1, 0.15) is 43.7 Å². The van der Waals surface area contributed by atoms with Gasteiger partial charge in [0.1, 0.15) is 18.4 Å². The third kappa shape index (κ3) is 7.20. The van der Waals surface area contributed by atoms with Crippen molar-refractivity contribution in [1.29, 1.82) is 0 Å². The van der Waals surface area contributed by atoms with Crippen LogP contribution in [-0.2, 0) is 26.2 Å². The third-order valence-corrected chi connectivity index (χ3v) is 9.14. The molecule has 10 heteroatoms. The zero-order valence-corrected chi connectivity index (χ0v) is 24.1. The fourth-order valence-electron chi connectivity index (χ4n) is 4.78. The first-order chi connectivity index (χ1) is 19.0. The van der Waals surface area contributed by atoms with Crippen LogP contribution in [0.25, 0.3) is 0 Å². The van der Waals surface area contributed by atoms with Gasteiger partial charge >= 0.3 is 0 Å². The van der Waals surface area contributed by atoms with Gasteiger partial charge in [0.2, 0.25) is 11.8 Å². The predicted molar refractivity (Wildman–Crippen MR) is 154 cm³/mol. The van der Waals surface area contributed by atoms with Crippen LogP contribution in [0.15, 0.2) is 77.7 Å². The van der Waals surface area contributed by atoms with E-state index in [1.807, 2.05) is 6.92 Å². The molecule has 1 atom stereocenters. The summed E-state index contributed by atoms with van der Waals surface area (Å²) in [5.41, 5.74) is 1.88. The van der Waals surface area contributed by atoms with Crippen molar-refractivity contribution < 1.29 is 22.4 Å². The molecule has 2 amide bonds. The Bertz CT molecular complexity index is 1440. The first-order valence-electron chi connectivity index (χ1n) is 13.2. The monoisotopic (exact) mass is 585 g/mol. The molecule has 7 nitrogen and oxygen atoms in total. The summed E-state index contributed by atoms with van der Waals surface area (Å²) < 4.78 is 42.1. The lowest BCUT2D eigenvalue weighted by Crippen LogP contribution is -2.52. The van der Waals surface area contributed by atoms with Gasteiger partial charge in [-0.2, -0.15) is 0 Å². The van der Waals surface area contributed by atoms with E-state index in [-0.39, 0.29) is 29.1 Å². The number of rotatable bonds is 10. The van der Waals surface area contributed by atoms with E-state index in [4.69, 9.17) is 11.6 Å². The van der Waals surface area contributed by atoms with Crippen molar-refractivity contribution in [3.05, 3.63) is 94.8 Å². The average molecular weight is 586 g/mol. The number of nitrogens with one attached hydrogen (secondary N) is 1. The highest BCUT2D eigenvalue weighted by atomic mass is 35.5. The van der Waals surface area contributed by atoms with E-state index in [0.29, 0.717) is 10.6 Å². The van der Waals surface area contributed by atoms with Crippen molar-refractivity contribution in [1.82, 2.24) is 10.2 Å². The van der Waals surface area contributed by atoms with Gasteiger partial charge in [-0.15, -0.1) is 0 Å². The van der Waals surface area contributed by atoms with Gasteiger partial charge in [-0.05, 0) is 80.8 Å². The molecule has 1 aliphatic carbocycles. The van der Waals surface area contributed by atoms with E-state index in [0.717, 1.165) is 59.8 Å². The molecule has 1 unspecified atom stereocenters. The Balaban J connectivity index is 1.68. The number of anilines is 1. The average Bonchev–Trinajstić information content (AvgIpc) is 3.44. The summed E-state index contributed by atoms with van der Waals surface area (Å²) in [6, 6.07) is 17.3. The van der Waals surface area contributed by atoms with Crippen molar-refractivity contribution in [2.75, 3.05) is 10.8 Å². The van der Waals surface area contributed by atoms with Crippen LogP contribution in [0.4, 0.5) is 10.1 Å². The summed E-state index contributed by atoms with van der Waals surface area (Å²) in [5, 5.41) is 3.52. The van der Waals surface area contributed by atoms with Crippen LogP contribution in [0, 0.1) is 12.7 Å². The molecule has 1 fully saturated rings. The number of halogens is 2. The predicted octanol–water partition coefficient (Wildman–Crippen LogP) is 5.46. The molecule has 1 saturated carbocycles. The smallest absolute Gasteiger partial charge is 0.264 e. The van der Waals surface area contributed by atoms with E-state index < -0.39 is 34.3 Å². The van der Waals surface area contributed by atoms with E-state index >= 15 is 0 Å². The third-order valence-electron chi connectivity index (χ3n) is 7.11. The zero-order valence-electron chi connectivity index (χ0n) is 22.5. The maximum absolute atomic E-state index is 13.9. The summed E-state index contributed by atoms with van der Waals surface area (Å²) in [7, 11) is -4.26. The molecule has 0 aromatic heterocycles. The number of benzene rings is 3. The van der Waals surface area contributed by atoms with Crippen LogP contribution in [0.2, 0.25) is 5.02 Å². The van der Waals surface area contributed by atoms with E-state index in [1.54, 1.807) is 55.5 Å². The fraction of sp³-hybridized carbons (Fsp3) is 0.333. The van der Waals surface area contributed by atoms with E-state index in [9.17, 15) is 22.4 Å². The Morgan fingerprint density at radius 2 is 1.68 bits per heavy atom. The Morgan fingerprint density at radius 1 is 1.02 bits per heavy atom. The fourth-order valence-corrected chi connectivity index (χ4v) is 6.41. The largest absolute Gasteiger partial charge is 0.352 e. The maximum atomic E-state index is 13.9. The minimum absolute atomic E-state index is 0.0526. The summed E-state index contributed by atoms with van der Waals surface area (Å²) in [5.74, 6) is -1.45. The molecule has 1 N–H and O–H groups in total. The normalized spacial score (nSPS) is 14.5. The van der Waals surface area contributed by atoms with Gasteiger partial charge in [0.05, 0.1) is 10.6 Å². The number of amides is 2. The highest BCUT2D eigenvalue weighted by Gasteiger charge is 2.33. The summed E-state index contributed by atoms with van der Waals surface area (Å²) in [6.45, 7) is 2.99. The van der Waals surface area contributed by atoms with Crippen LogP contribution in [-0.4, -0.2) is 43.8 Å². The maximum Gasteiger partial charge on any atom is 0.264 e. The summed E-state index contributed by atoms with van der Waals surface area (Å²) >= 11 is 6.18. The summed E-state index contributed by atoms with van der Waals surface area (Å²) in [6.07, 6.45) is 3.85. The topological polar surface area (TPSA) is 86.8 Å². The van der Waals surface area contributed by atoms with Crippen molar-refractivity contribution in [2.24, 2.45) is 0 Å². The molecule has 1 aliphatic rings. The minimum atomic E-state index is -4.26. The van der Waals surface area contributed by atoms with Crippen molar-refractivity contribution in [3.8, 4) is 0 Å². The van der Waals surface area contributed by atoms with Gasteiger partial charge in [-0.25, -0.2) is 12.8 Å². The van der Waals surface area contributed by atoms with Crippen molar-refractivity contribution in [2.45, 2.75) is 63.1 Å². The van der Waals surface area contributed by atoms with Gasteiger partial charge in [0.25, 0.3) is 10.0 Å². The Kier molecular flexibility index (Phi) is 9.48. The number of carbonyl (C=O) groups is 2. The highest BCUT2D eigenvalue weighted by molar-refractivity contribution is 7.92. The van der Waals surface area contributed by atoms with Crippen molar-refractivity contribution in [3.63, 3.8) is 0 Å². The van der Waals surface area contributed by atoms with E-state index in [1.165, 1.54) is 4.90 Å². The highest BCUT2D eigenvalue weighted by Crippen LogP contribution is 2.26. The molecular weight excluding hydrogens is 553 g/mol. The molecule has 0 radical (unpaired) electrons. The Morgan fingerprint density at radius 3 is 2.30 bits per heavy atom. The molecular formula is C30H33ClFN3O4S. The molecule has 0 heterocycles. The van der Waals surface area contributed by atoms with Crippen LogP contribution in [0.3, 0.4) is 0 Å². The number of carbonyl (C=O) groups excluding carboxylic acids is 2. The first kappa shape index (κ1) is 29.6. The van der Waals surface area contributed by atoms with Gasteiger partial charge in [-0.1, -0.05) is 54.3 Å². The molecule has 4 rings (SSSR count). The first-order valence-corrected chi connectivity index (χ1v) is 15.1. The lowest BCUT2D eigenvalue weighted by atomic mass is 10.1. The van der Waals surface area contributed by atoms with Crippen LogP contribution >= 0.6 is 11.6 Å². The number of sulfonamides is 1. The van der Waals surface area contributed by atoms with Gasteiger partial charge in [0.15, 0.2) is 0 Å². The lowest BCUT2D eigenvalue weighted by Gasteiger charge is -2.32. The number of nitrogens with zero attached hydrogens (tertiary/aromatic N) is 2. The zero-order chi connectivity index (χ0) is 28.9. The summed E-state index contributed by atoms with van der Waals surface area (Å²) in [4.78, 5) is 28.4. The second kappa shape index (κ2) is 12.8. The van der Waals surface area contributed by atoms with Gasteiger partial charge in [-0.3, -0.25) is 13.9 Å². The molecule has 0 bridgehead atoms. The number of aryl methyl sites for hydroxylation is 1. The van der Waals surface area contributed by atoms with E-state index in [2.05, 4.69) is 5.32 Å². The number of hydrogen-bond acceptors (Lipinski definition) is 4. The van der Waals surface area contributed by atoms with Crippen molar-refractivity contribution >= 4 is 39.1 Å². The van der Waals surface area contributed by atoms with Gasteiger partial charge in [0, 0.05) is 17.6 Å². The molecule has 3 aromatic rings. The minimum Gasteiger partial charge on any atom is -0.352 e. The Labute approximate surface area is 240 Å². The van der Waals surface area contributed by atoms with Crippen LogP contribution < -0.4 is 9.62 Å². The molecule has 0 aliphatic heterocycles. The Hall–Kier alpha value is -3.43. The molecule has 0 saturated heterocycles. The molecule has 212 valence electrons. The second-order valence-electron chi connectivity index (χ2n) is 10.1. The standard InChI is InChI=1S/C30H33ClFN3O4S/c1-21-10-14-27(15-11-21)35(40(38,39)28-16-12-25(32)13-17-28)20-29(36)34(19-23-6-5-7-24(31)18-23)22(2)30(37)33-26-8-3-4-9-26/h5-7,10-18,22,26H,3-4,8-9,19-20H2,1-2H3,(H,33,37). The van der Waals surface area contributed by atoms with Gasteiger partial charge < -0.3 is 10.2 Å². The molecule has 3 aromatic carbocycles. The number of hydrogen-bond donors (Lipinski definition) is 1. The molecule has 40 heavy (non-hydrogen) atoms. The lowest BCUT2D eigenvalue weighted by molar-refractivity contribution is -0.139. The second-order valence-corrected chi connectivity index (χ2v) is 12.4.